The second-order valence-corrected chi connectivity index (χ2v) is 10.6. The van der Waals surface area contributed by atoms with E-state index in [0.717, 1.165) is 0 Å². The largest absolute Gasteiger partial charge is 0.0616 e. The van der Waals surface area contributed by atoms with Crippen LogP contribution in [0.1, 0.15) is 25.0 Å². The van der Waals surface area contributed by atoms with Crippen LogP contribution in [0.2, 0.25) is 0 Å². The molecule has 0 saturated carbocycles. The molecule has 0 fully saturated rings. The van der Waals surface area contributed by atoms with E-state index in [1.807, 2.05) is 0 Å². The number of hydrogen-bond acceptors (Lipinski definition) is 0. The minimum atomic E-state index is -0.0220. The molecule has 0 radical (unpaired) electrons. The Morgan fingerprint density at radius 2 is 1.06 bits per heavy atom. The fourth-order valence-electron chi connectivity index (χ4n) is 6.67. The van der Waals surface area contributed by atoms with Gasteiger partial charge < -0.3 is 0 Å². The molecule has 8 rings (SSSR count). The summed E-state index contributed by atoms with van der Waals surface area (Å²) < 4.78 is 0. The lowest BCUT2D eigenvalue weighted by Gasteiger charge is -2.34. The summed E-state index contributed by atoms with van der Waals surface area (Å²) in [6.45, 7) is 4.75. The standard InChI is InChI=1S/C35H24/c1-35(2)30-11-5-8-22-15-18-28-29(20-25-9-6-12-31(35)33(25)34(28)32(22)30)24-16-17-27-23(19-24)14-13-21-7-3-4-10-26(21)27/h3-20H,1-2H3. The van der Waals surface area contributed by atoms with Gasteiger partial charge in [0.15, 0.2) is 0 Å². The third-order valence-corrected chi connectivity index (χ3v) is 8.38. The summed E-state index contributed by atoms with van der Waals surface area (Å²) in [5.74, 6) is 0. The van der Waals surface area contributed by atoms with Crippen molar-refractivity contribution in [1.29, 1.82) is 0 Å². The predicted octanol–water partition coefficient (Wildman–Crippen LogP) is 9.76. The van der Waals surface area contributed by atoms with Gasteiger partial charge in [-0.1, -0.05) is 111 Å². The lowest BCUT2D eigenvalue weighted by atomic mass is 9.69. The topological polar surface area (TPSA) is 0 Å². The summed E-state index contributed by atoms with van der Waals surface area (Å²) in [6, 6.07) is 40.9. The monoisotopic (exact) mass is 444 g/mol. The molecule has 0 aliphatic heterocycles. The molecule has 0 atom stereocenters. The summed E-state index contributed by atoms with van der Waals surface area (Å²) >= 11 is 0. The van der Waals surface area contributed by atoms with Crippen molar-refractivity contribution in [2.75, 3.05) is 0 Å². The van der Waals surface area contributed by atoms with E-state index >= 15 is 0 Å². The van der Waals surface area contributed by atoms with Crippen molar-refractivity contribution >= 4 is 53.9 Å². The Kier molecular flexibility index (Phi) is 3.56. The highest BCUT2D eigenvalue weighted by Crippen LogP contribution is 2.50. The van der Waals surface area contributed by atoms with E-state index in [0.29, 0.717) is 0 Å². The Bertz CT molecular complexity index is 2000. The molecule has 0 amide bonds. The Labute approximate surface area is 204 Å². The molecular weight excluding hydrogens is 420 g/mol. The SMILES string of the molecule is CC1(C)c2cccc3ccc4c(-c5ccc6c(ccc7ccccc76)c5)cc5cccc1c5c4c23. The van der Waals surface area contributed by atoms with Gasteiger partial charge >= 0.3 is 0 Å². The van der Waals surface area contributed by atoms with Crippen LogP contribution in [-0.2, 0) is 5.41 Å². The lowest BCUT2D eigenvalue weighted by molar-refractivity contribution is 0.652. The maximum absolute atomic E-state index is 2.42. The van der Waals surface area contributed by atoms with Crippen molar-refractivity contribution in [2.24, 2.45) is 0 Å². The Hall–Kier alpha value is -4.16. The highest BCUT2D eigenvalue weighted by atomic mass is 14.3. The van der Waals surface area contributed by atoms with Crippen LogP contribution in [-0.4, -0.2) is 0 Å². The average Bonchev–Trinajstić information content (AvgIpc) is 2.90. The first-order valence-electron chi connectivity index (χ1n) is 12.5. The molecule has 7 aromatic rings. The highest BCUT2D eigenvalue weighted by Gasteiger charge is 2.32. The van der Waals surface area contributed by atoms with Crippen molar-refractivity contribution in [2.45, 2.75) is 19.3 Å². The summed E-state index contributed by atoms with van der Waals surface area (Å²) in [4.78, 5) is 0. The summed E-state index contributed by atoms with van der Waals surface area (Å²) in [5, 5.41) is 13.5. The van der Waals surface area contributed by atoms with E-state index in [9.17, 15) is 0 Å². The van der Waals surface area contributed by atoms with Crippen LogP contribution in [0.3, 0.4) is 0 Å². The highest BCUT2D eigenvalue weighted by molar-refractivity contribution is 6.27. The number of fused-ring (bicyclic) bond motifs is 3. The second kappa shape index (κ2) is 6.49. The fourth-order valence-corrected chi connectivity index (χ4v) is 6.67. The molecule has 35 heavy (non-hydrogen) atoms. The molecule has 1 aliphatic rings. The molecule has 0 N–H and O–H groups in total. The van der Waals surface area contributed by atoms with E-state index < -0.39 is 0 Å². The predicted molar refractivity (Wildman–Crippen MR) is 152 cm³/mol. The molecule has 7 aromatic carbocycles. The third kappa shape index (κ3) is 2.42. The van der Waals surface area contributed by atoms with E-state index in [1.165, 1.54) is 76.1 Å². The van der Waals surface area contributed by atoms with E-state index in [-0.39, 0.29) is 5.41 Å². The lowest BCUT2D eigenvalue weighted by Crippen LogP contribution is -2.22. The van der Waals surface area contributed by atoms with Crippen LogP contribution in [0.4, 0.5) is 0 Å². The quantitative estimate of drug-likeness (QED) is 0.221. The van der Waals surface area contributed by atoms with E-state index in [4.69, 9.17) is 0 Å². The summed E-state index contributed by atoms with van der Waals surface area (Å²) in [5.41, 5.74) is 5.44. The van der Waals surface area contributed by atoms with Crippen LogP contribution >= 0.6 is 0 Å². The molecule has 0 nitrogen and oxygen atoms in total. The molecule has 0 spiro atoms. The van der Waals surface area contributed by atoms with Gasteiger partial charge in [-0.05, 0) is 88.2 Å². The van der Waals surface area contributed by atoms with Crippen molar-refractivity contribution in [3.8, 4) is 11.1 Å². The van der Waals surface area contributed by atoms with Crippen molar-refractivity contribution < 1.29 is 0 Å². The summed E-state index contributed by atoms with van der Waals surface area (Å²) in [6.07, 6.45) is 0. The zero-order valence-electron chi connectivity index (χ0n) is 19.9. The molecule has 1 aliphatic carbocycles. The molecule has 0 saturated heterocycles. The Morgan fingerprint density at radius 1 is 0.429 bits per heavy atom. The van der Waals surface area contributed by atoms with Gasteiger partial charge in [0.05, 0.1) is 0 Å². The van der Waals surface area contributed by atoms with Crippen LogP contribution in [0.15, 0.2) is 109 Å². The van der Waals surface area contributed by atoms with Gasteiger partial charge in [0.2, 0.25) is 0 Å². The molecule has 0 heterocycles. The molecule has 0 heteroatoms. The van der Waals surface area contributed by atoms with Gasteiger partial charge in [0, 0.05) is 5.41 Å². The normalized spacial score (nSPS) is 14.2. The number of hydrogen-bond donors (Lipinski definition) is 0. The van der Waals surface area contributed by atoms with E-state index in [2.05, 4.69) is 123 Å². The average molecular weight is 445 g/mol. The van der Waals surface area contributed by atoms with Crippen LogP contribution in [0, 0.1) is 0 Å². The Balaban J connectivity index is 1.52. The van der Waals surface area contributed by atoms with Crippen molar-refractivity contribution in [1.82, 2.24) is 0 Å². The minimum absolute atomic E-state index is 0.0220. The molecule has 0 bridgehead atoms. The first-order valence-corrected chi connectivity index (χ1v) is 12.5. The molecular formula is C35H24. The first kappa shape index (κ1) is 19.2. The zero-order chi connectivity index (χ0) is 23.3. The minimum Gasteiger partial charge on any atom is -0.0616 e. The Morgan fingerprint density at radius 3 is 1.91 bits per heavy atom. The second-order valence-electron chi connectivity index (χ2n) is 10.6. The van der Waals surface area contributed by atoms with E-state index in [1.54, 1.807) is 0 Å². The maximum atomic E-state index is 2.42. The van der Waals surface area contributed by atoms with Crippen molar-refractivity contribution in [3.05, 3.63) is 120 Å². The smallest absolute Gasteiger partial charge is 0.0159 e. The van der Waals surface area contributed by atoms with Gasteiger partial charge in [-0.15, -0.1) is 0 Å². The zero-order valence-corrected chi connectivity index (χ0v) is 19.9. The van der Waals surface area contributed by atoms with Gasteiger partial charge in [-0.2, -0.15) is 0 Å². The summed E-state index contributed by atoms with van der Waals surface area (Å²) in [7, 11) is 0. The number of benzene rings is 7. The molecule has 0 unspecified atom stereocenters. The maximum Gasteiger partial charge on any atom is 0.0159 e. The van der Waals surface area contributed by atoms with Gasteiger partial charge in [-0.25, -0.2) is 0 Å². The van der Waals surface area contributed by atoms with Crippen LogP contribution in [0.5, 0.6) is 0 Å². The molecule has 0 aromatic heterocycles. The molecule has 164 valence electrons. The fraction of sp³-hybridized carbons (Fsp3) is 0.0857. The van der Waals surface area contributed by atoms with Crippen LogP contribution < -0.4 is 0 Å². The first-order chi connectivity index (χ1) is 17.1. The van der Waals surface area contributed by atoms with Crippen LogP contribution in [0.25, 0.3) is 65.0 Å². The van der Waals surface area contributed by atoms with Crippen molar-refractivity contribution in [3.63, 3.8) is 0 Å². The van der Waals surface area contributed by atoms with Gasteiger partial charge in [0.25, 0.3) is 0 Å². The van der Waals surface area contributed by atoms with Gasteiger partial charge in [-0.3, -0.25) is 0 Å². The van der Waals surface area contributed by atoms with Gasteiger partial charge in [0.1, 0.15) is 0 Å². The number of rotatable bonds is 1. The third-order valence-electron chi connectivity index (χ3n) is 8.38.